The normalized spacial score (nSPS) is 32.1. The van der Waals surface area contributed by atoms with Crippen molar-refractivity contribution in [1.29, 1.82) is 0 Å². The quantitative estimate of drug-likeness (QED) is 0.738. The lowest BCUT2D eigenvalue weighted by atomic mass is 9.68. The first-order valence-corrected chi connectivity index (χ1v) is 8.28. The third kappa shape index (κ3) is 2.35. The molecule has 2 heteroatoms. The van der Waals surface area contributed by atoms with E-state index in [1.54, 1.807) is 0 Å². The highest BCUT2D eigenvalue weighted by atomic mass is 16.3. The Kier molecular flexibility index (Phi) is 4.30. The predicted molar refractivity (Wildman–Crippen MR) is 82.6 cm³/mol. The molecular weight excluding hydrogens is 246 g/mol. The standard InChI is InChI=1S/C18H27NO/c1-2-9-16-10-4-5-12-18(16,17-11-8-15-20-17)19-13-6-3-7-14-19/h2,8,11,15-16H,1,3-7,9-10,12-14H2. The smallest absolute Gasteiger partial charge is 0.124 e. The summed E-state index contributed by atoms with van der Waals surface area (Å²) in [4.78, 5) is 2.74. The van der Waals surface area contributed by atoms with Gasteiger partial charge in [-0.15, -0.1) is 6.58 Å². The molecule has 2 nitrogen and oxygen atoms in total. The van der Waals surface area contributed by atoms with E-state index >= 15 is 0 Å². The summed E-state index contributed by atoms with van der Waals surface area (Å²) in [6.07, 6.45) is 14.4. The van der Waals surface area contributed by atoms with Crippen LogP contribution < -0.4 is 0 Å². The Balaban J connectivity index is 1.98. The molecule has 0 aromatic carbocycles. The van der Waals surface area contributed by atoms with E-state index < -0.39 is 0 Å². The molecule has 0 bridgehead atoms. The Bertz CT molecular complexity index is 419. The first-order chi connectivity index (χ1) is 9.88. The summed E-state index contributed by atoms with van der Waals surface area (Å²) < 4.78 is 5.93. The van der Waals surface area contributed by atoms with E-state index in [9.17, 15) is 0 Å². The van der Waals surface area contributed by atoms with E-state index in [0.717, 1.165) is 6.42 Å². The first kappa shape index (κ1) is 13.9. The molecule has 0 radical (unpaired) electrons. The van der Waals surface area contributed by atoms with Crippen molar-refractivity contribution in [1.82, 2.24) is 4.90 Å². The van der Waals surface area contributed by atoms with Crippen LogP contribution in [0.5, 0.6) is 0 Å². The molecule has 3 rings (SSSR count). The predicted octanol–water partition coefficient (Wildman–Crippen LogP) is 4.73. The molecule has 1 saturated heterocycles. The van der Waals surface area contributed by atoms with Crippen LogP contribution in [-0.2, 0) is 5.54 Å². The van der Waals surface area contributed by atoms with Crippen LogP contribution in [0.4, 0.5) is 0 Å². The molecule has 20 heavy (non-hydrogen) atoms. The van der Waals surface area contributed by atoms with Crippen molar-refractivity contribution in [3.63, 3.8) is 0 Å². The molecule has 1 saturated carbocycles. The number of hydrogen-bond donors (Lipinski definition) is 0. The monoisotopic (exact) mass is 273 g/mol. The van der Waals surface area contributed by atoms with E-state index in [2.05, 4.69) is 29.7 Å². The molecule has 2 atom stereocenters. The summed E-state index contributed by atoms with van der Waals surface area (Å²) in [5.41, 5.74) is 0.135. The fraction of sp³-hybridized carbons (Fsp3) is 0.667. The highest BCUT2D eigenvalue weighted by molar-refractivity contribution is 5.18. The molecule has 1 aromatic heterocycles. The largest absolute Gasteiger partial charge is 0.467 e. The first-order valence-electron chi connectivity index (χ1n) is 8.28. The molecule has 2 fully saturated rings. The Labute approximate surface area is 122 Å². The zero-order valence-electron chi connectivity index (χ0n) is 12.5. The molecular formula is C18H27NO. The molecule has 110 valence electrons. The lowest BCUT2D eigenvalue weighted by Gasteiger charge is -2.51. The van der Waals surface area contributed by atoms with Crippen molar-refractivity contribution < 1.29 is 4.42 Å². The van der Waals surface area contributed by atoms with Gasteiger partial charge in [0.2, 0.25) is 0 Å². The molecule has 2 heterocycles. The number of hydrogen-bond acceptors (Lipinski definition) is 2. The molecule has 0 amide bonds. The van der Waals surface area contributed by atoms with Gasteiger partial charge in [-0.25, -0.2) is 0 Å². The number of piperidine rings is 1. The van der Waals surface area contributed by atoms with E-state index in [0.29, 0.717) is 5.92 Å². The summed E-state index contributed by atoms with van der Waals surface area (Å²) >= 11 is 0. The Morgan fingerprint density at radius 1 is 1.25 bits per heavy atom. The summed E-state index contributed by atoms with van der Waals surface area (Å²) in [5.74, 6) is 1.86. The summed E-state index contributed by atoms with van der Waals surface area (Å²) in [6.45, 7) is 6.46. The second-order valence-electron chi connectivity index (χ2n) is 6.42. The van der Waals surface area contributed by atoms with Gasteiger partial charge in [0, 0.05) is 0 Å². The van der Waals surface area contributed by atoms with Crippen molar-refractivity contribution in [2.45, 2.75) is 56.9 Å². The lowest BCUT2D eigenvalue weighted by Crippen LogP contribution is -2.54. The number of rotatable bonds is 4. The third-order valence-corrected chi connectivity index (χ3v) is 5.36. The number of likely N-dealkylation sites (tertiary alicyclic amines) is 1. The molecule has 1 aliphatic heterocycles. The lowest BCUT2D eigenvalue weighted by molar-refractivity contribution is -0.0323. The number of nitrogens with zero attached hydrogens (tertiary/aromatic N) is 1. The van der Waals surface area contributed by atoms with Crippen molar-refractivity contribution in [3.05, 3.63) is 36.8 Å². The minimum absolute atomic E-state index is 0.135. The molecule has 2 aliphatic rings. The van der Waals surface area contributed by atoms with Gasteiger partial charge in [0.15, 0.2) is 0 Å². The second kappa shape index (κ2) is 6.17. The van der Waals surface area contributed by atoms with Gasteiger partial charge in [-0.3, -0.25) is 4.90 Å². The van der Waals surface area contributed by atoms with Crippen molar-refractivity contribution in [3.8, 4) is 0 Å². The highest BCUT2D eigenvalue weighted by Crippen LogP contribution is 2.49. The van der Waals surface area contributed by atoms with Gasteiger partial charge in [0.05, 0.1) is 11.8 Å². The van der Waals surface area contributed by atoms with E-state index in [-0.39, 0.29) is 5.54 Å². The topological polar surface area (TPSA) is 16.4 Å². The van der Waals surface area contributed by atoms with E-state index in [1.807, 2.05) is 6.26 Å². The van der Waals surface area contributed by atoms with Crippen molar-refractivity contribution in [2.75, 3.05) is 13.1 Å². The Hall–Kier alpha value is -1.02. The van der Waals surface area contributed by atoms with Crippen LogP contribution >= 0.6 is 0 Å². The fourth-order valence-electron chi connectivity index (χ4n) is 4.46. The third-order valence-electron chi connectivity index (χ3n) is 5.36. The maximum Gasteiger partial charge on any atom is 0.124 e. The fourth-order valence-corrected chi connectivity index (χ4v) is 4.46. The van der Waals surface area contributed by atoms with Crippen molar-refractivity contribution >= 4 is 0 Å². The van der Waals surface area contributed by atoms with Crippen LogP contribution in [0.2, 0.25) is 0 Å². The second-order valence-corrected chi connectivity index (χ2v) is 6.42. The zero-order valence-corrected chi connectivity index (χ0v) is 12.5. The van der Waals surface area contributed by atoms with Crippen LogP contribution in [0.15, 0.2) is 35.5 Å². The van der Waals surface area contributed by atoms with Gasteiger partial charge in [0.1, 0.15) is 5.76 Å². The molecule has 2 unspecified atom stereocenters. The molecule has 0 N–H and O–H groups in total. The van der Waals surface area contributed by atoms with E-state index in [1.165, 1.54) is 63.8 Å². The highest BCUT2D eigenvalue weighted by Gasteiger charge is 2.48. The Morgan fingerprint density at radius 2 is 2.10 bits per heavy atom. The molecule has 1 aliphatic carbocycles. The summed E-state index contributed by atoms with van der Waals surface area (Å²) in [7, 11) is 0. The van der Waals surface area contributed by atoms with Crippen LogP contribution in [0.3, 0.4) is 0 Å². The SMILES string of the molecule is C=CCC1CCCCC1(c1ccco1)N1CCCCC1. The zero-order chi connectivity index (χ0) is 13.8. The van der Waals surface area contributed by atoms with Gasteiger partial charge in [-0.05, 0) is 63.2 Å². The van der Waals surface area contributed by atoms with Gasteiger partial charge in [-0.1, -0.05) is 25.3 Å². The summed E-state index contributed by atoms with van der Waals surface area (Å²) in [6, 6.07) is 4.26. The maximum absolute atomic E-state index is 5.93. The van der Waals surface area contributed by atoms with Crippen LogP contribution in [0.25, 0.3) is 0 Å². The van der Waals surface area contributed by atoms with E-state index in [4.69, 9.17) is 4.42 Å². The van der Waals surface area contributed by atoms with Gasteiger partial charge < -0.3 is 4.42 Å². The summed E-state index contributed by atoms with van der Waals surface area (Å²) in [5, 5.41) is 0. The van der Waals surface area contributed by atoms with Crippen molar-refractivity contribution in [2.24, 2.45) is 5.92 Å². The average molecular weight is 273 g/mol. The molecule has 0 spiro atoms. The van der Waals surface area contributed by atoms with Crippen LogP contribution in [0.1, 0.15) is 57.1 Å². The molecule has 1 aromatic rings. The number of furan rings is 1. The van der Waals surface area contributed by atoms with Gasteiger partial charge >= 0.3 is 0 Å². The Morgan fingerprint density at radius 3 is 2.80 bits per heavy atom. The van der Waals surface area contributed by atoms with Crippen LogP contribution in [0, 0.1) is 5.92 Å². The maximum atomic E-state index is 5.93. The van der Waals surface area contributed by atoms with Gasteiger partial charge in [-0.2, -0.15) is 0 Å². The van der Waals surface area contributed by atoms with Crippen LogP contribution in [-0.4, -0.2) is 18.0 Å². The number of allylic oxidation sites excluding steroid dienone is 1. The minimum atomic E-state index is 0.135. The average Bonchev–Trinajstić information content (AvgIpc) is 3.04. The minimum Gasteiger partial charge on any atom is -0.467 e. The van der Waals surface area contributed by atoms with Gasteiger partial charge in [0.25, 0.3) is 0 Å².